The molecule has 1 aliphatic carbocycles. The van der Waals surface area contributed by atoms with Crippen molar-refractivity contribution >= 4 is 17.8 Å². The van der Waals surface area contributed by atoms with Gasteiger partial charge in [-0.1, -0.05) is 38.2 Å². The van der Waals surface area contributed by atoms with E-state index in [0.29, 0.717) is 17.9 Å². The number of carbonyl (C=O) groups is 3. The van der Waals surface area contributed by atoms with Crippen molar-refractivity contribution in [2.24, 2.45) is 5.92 Å². The van der Waals surface area contributed by atoms with Gasteiger partial charge >= 0.3 is 5.97 Å². The van der Waals surface area contributed by atoms with E-state index in [1.807, 2.05) is 0 Å². The number of carbonyl (C=O) groups excluding carboxylic acids is 2. The van der Waals surface area contributed by atoms with Gasteiger partial charge in [0.05, 0.1) is 0 Å². The van der Waals surface area contributed by atoms with Gasteiger partial charge in [0.15, 0.2) is 11.5 Å². The van der Waals surface area contributed by atoms with Crippen molar-refractivity contribution in [2.45, 2.75) is 57.0 Å². The van der Waals surface area contributed by atoms with Crippen molar-refractivity contribution in [2.75, 3.05) is 6.54 Å². The number of nitrogens with zero attached hydrogens (tertiary/aromatic N) is 1. The Labute approximate surface area is 163 Å². The number of phenolic OH excluding ortho intramolecular Hbond substituents is 2. The summed E-state index contributed by atoms with van der Waals surface area (Å²) in [5, 5.41) is 31.1. The first-order valence-corrected chi connectivity index (χ1v) is 9.68. The largest absolute Gasteiger partial charge is 0.504 e. The molecule has 0 radical (unpaired) electrons. The highest BCUT2D eigenvalue weighted by atomic mass is 16.4. The zero-order valence-corrected chi connectivity index (χ0v) is 15.6. The Morgan fingerprint density at radius 3 is 2.46 bits per heavy atom. The van der Waals surface area contributed by atoms with E-state index in [-0.39, 0.29) is 23.8 Å². The molecule has 1 aromatic rings. The standard InChI is InChI=1S/C20H26N2O6/c23-16-7-6-13(10-17(16)24)9-15-19(27)21-14(8-12-4-2-1-3-5-12)20(28)22(15)11-18(25)26/h6-7,10,12,14-15,23-24H,1-5,8-9,11H2,(H,21,27)(H,25,26). The molecule has 1 aliphatic heterocycles. The van der Waals surface area contributed by atoms with Crippen LogP contribution in [0.4, 0.5) is 0 Å². The highest BCUT2D eigenvalue weighted by Crippen LogP contribution is 2.30. The van der Waals surface area contributed by atoms with Crippen LogP contribution in [0.5, 0.6) is 11.5 Å². The SMILES string of the molecule is O=C(O)CN1C(=O)C(CC2CCCCC2)NC(=O)C1Cc1ccc(O)c(O)c1. The lowest BCUT2D eigenvalue weighted by Gasteiger charge is -2.39. The predicted octanol–water partition coefficient (Wildman–Crippen LogP) is 1.39. The molecule has 1 aromatic carbocycles. The van der Waals surface area contributed by atoms with Crippen LogP contribution in [0.1, 0.15) is 44.1 Å². The number of phenols is 2. The van der Waals surface area contributed by atoms with E-state index >= 15 is 0 Å². The number of piperazine rings is 1. The topological polar surface area (TPSA) is 127 Å². The molecule has 1 saturated carbocycles. The normalized spacial score (nSPS) is 23.5. The van der Waals surface area contributed by atoms with Crippen molar-refractivity contribution in [3.8, 4) is 11.5 Å². The fraction of sp³-hybridized carbons (Fsp3) is 0.550. The number of carboxylic acids is 1. The van der Waals surface area contributed by atoms with Crippen molar-refractivity contribution in [1.29, 1.82) is 0 Å². The van der Waals surface area contributed by atoms with Gasteiger partial charge in [0.1, 0.15) is 18.6 Å². The van der Waals surface area contributed by atoms with Gasteiger partial charge in [-0.25, -0.2) is 0 Å². The summed E-state index contributed by atoms with van der Waals surface area (Å²) in [6.45, 7) is -0.553. The Bertz CT molecular complexity index is 759. The van der Waals surface area contributed by atoms with Crippen LogP contribution in [-0.2, 0) is 20.8 Å². The molecule has 2 amide bonds. The second-order valence-corrected chi connectivity index (χ2v) is 7.70. The fourth-order valence-electron chi connectivity index (χ4n) is 4.20. The number of amides is 2. The Morgan fingerprint density at radius 1 is 1.11 bits per heavy atom. The molecule has 1 saturated heterocycles. The van der Waals surface area contributed by atoms with Crippen LogP contribution < -0.4 is 5.32 Å². The van der Waals surface area contributed by atoms with Crippen LogP contribution in [0.3, 0.4) is 0 Å². The van der Waals surface area contributed by atoms with E-state index in [1.165, 1.54) is 24.6 Å². The molecule has 4 N–H and O–H groups in total. The van der Waals surface area contributed by atoms with E-state index in [0.717, 1.165) is 30.6 Å². The molecule has 1 heterocycles. The summed E-state index contributed by atoms with van der Waals surface area (Å²) in [7, 11) is 0. The van der Waals surface area contributed by atoms with Crippen molar-refractivity contribution in [3.05, 3.63) is 23.8 Å². The molecule has 2 atom stereocenters. The van der Waals surface area contributed by atoms with Crippen LogP contribution >= 0.6 is 0 Å². The van der Waals surface area contributed by atoms with E-state index in [1.54, 1.807) is 0 Å². The number of aliphatic carboxylic acids is 1. The number of aromatic hydroxyl groups is 2. The monoisotopic (exact) mass is 390 g/mol. The second kappa shape index (κ2) is 8.50. The number of hydrogen-bond acceptors (Lipinski definition) is 5. The maximum Gasteiger partial charge on any atom is 0.323 e. The van der Waals surface area contributed by atoms with Gasteiger partial charge in [-0.05, 0) is 30.0 Å². The molecule has 8 heteroatoms. The van der Waals surface area contributed by atoms with E-state index in [2.05, 4.69) is 5.32 Å². The first kappa shape index (κ1) is 20.0. The van der Waals surface area contributed by atoms with Gasteiger partial charge < -0.3 is 25.5 Å². The molecule has 0 aromatic heterocycles. The first-order valence-electron chi connectivity index (χ1n) is 9.68. The average Bonchev–Trinajstić information content (AvgIpc) is 2.65. The summed E-state index contributed by atoms with van der Waals surface area (Å²) in [5.41, 5.74) is 0.518. The van der Waals surface area contributed by atoms with E-state index < -0.39 is 30.5 Å². The van der Waals surface area contributed by atoms with Crippen LogP contribution in [0.15, 0.2) is 18.2 Å². The van der Waals surface area contributed by atoms with Gasteiger partial charge in [-0.15, -0.1) is 0 Å². The summed E-state index contributed by atoms with van der Waals surface area (Å²) < 4.78 is 0. The highest BCUT2D eigenvalue weighted by molar-refractivity contribution is 5.98. The Hall–Kier alpha value is -2.77. The predicted molar refractivity (Wildman–Crippen MR) is 99.7 cm³/mol. The Balaban J connectivity index is 1.77. The average molecular weight is 390 g/mol. The van der Waals surface area contributed by atoms with Gasteiger partial charge in [0.25, 0.3) is 0 Å². The molecule has 3 rings (SSSR count). The van der Waals surface area contributed by atoms with Crippen molar-refractivity contribution in [3.63, 3.8) is 0 Å². The molecular weight excluding hydrogens is 364 g/mol. The van der Waals surface area contributed by atoms with E-state index in [4.69, 9.17) is 0 Å². The molecule has 152 valence electrons. The van der Waals surface area contributed by atoms with Crippen LogP contribution in [0, 0.1) is 5.92 Å². The Morgan fingerprint density at radius 2 is 1.82 bits per heavy atom. The van der Waals surface area contributed by atoms with Crippen molar-refractivity contribution < 1.29 is 29.7 Å². The third-order valence-electron chi connectivity index (χ3n) is 5.64. The third kappa shape index (κ3) is 4.55. The van der Waals surface area contributed by atoms with Gasteiger partial charge in [0.2, 0.25) is 11.8 Å². The van der Waals surface area contributed by atoms with Crippen LogP contribution in [-0.4, -0.2) is 56.6 Å². The molecule has 2 fully saturated rings. The second-order valence-electron chi connectivity index (χ2n) is 7.70. The molecule has 8 nitrogen and oxygen atoms in total. The molecule has 2 aliphatic rings. The molecule has 0 bridgehead atoms. The smallest absolute Gasteiger partial charge is 0.323 e. The van der Waals surface area contributed by atoms with Crippen molar-refractivity contribution in [1.82, 2.24) is 10.2 Å². The first-order chi connectivity index (χ1) is 13.3. The fourth-order valence-corrected chi connectivity index (χ4v) is 4.20. The minimum Gasteiger partial charge on any atom is -0.504 e. The number of hydrogen-bond donors (Lipinski definition) is 4. The summed E-state index contributed by atoms with van der Waals surface area (Å²) in [4.78, 5) is 38.1. The highest BCUT2D eigenvalue weighted by Gasteiger charge is 2.42. The lowest BCUT2D eigenvalue weighted by atomic mass is 9.83. The minimum absolute atomic E-state index is 0.0504. The lowest BCUT2D eigenvalue weighted by Crippen LogP contribution is -2.65. The number of nitrogens with one attached hydrogen (secondary N) is 1. The molecule has 0 spiro atoms. The number of rotatable bonds is 6. The minimum atomic E-state index is -1.18. The van der Waals surface area contributed by atoms with E-state index in [9.17, 15) is 29.7 Å². The maximum absolute atomic E-state index is 13.0. The summed E-state index contributed by atoms with van der Waals surface area (Å²) in [5.74, 6) is -2.21. The van der Waals surface area contributed by atoms with Gasteiger partial charge in [-0.2, -0.15) is 0 Å². The Kier molecular flexibility index (Phi) is 6.06. The summed E-state index contributed by atoms with van der Waals surface area (Å²) in [6, 6.07) is 2.45. The third-order valence-corrected chi connectivity index (χ3v) is 5.64. The van der Waals surface area contributed by atoms with Gasteiger partial charge in [-0.3, -0.25) is 14.4 Å². The van der Waals surface area contributed by atoms with Gasteiger partial charge in [0, 0.05) is 6.42 Å². The van der Waals surface area contributed by atoms with Crippen LogP contribution in [0.2, 0.25) is 0 Å². The maximum atomic E-state index is 13.0. The molecule has 2 unspecified atom stereocenters. The zero-order chi connectivity index (χ0) is 20.3. The number of carboxylic acid groups (broad SMARTS) is 1. The lowest BCUT2D eigenvalue weighted by molar-refractivity contribution is -0.155. The number of benzene rings is 1. The molecule has 28 heavy (non-hydrogen) atoms. The summed E-state index contributed by atoms with van der Waals surface area (Å²) in [6.07, 6.45) is 6.05. The molecular formula is C20H26N2O6. The zero-order valence-electron chi connectivity index (χ0n) is 15.6. The summed E-state index contributed by atoms with van der Waals surface area (Å²) >= 11 is 0. The quantitative estimate of drug-likeness (QED) is 0.544. The van der Waals surface area contributed by atoms with Crippen LogP contribution in [0.25, 0.3) is 0 Å².